The van der Waals surface area contributed by atoms with E-state index in [0.29, 0.717) is 45.5 Å². The Morgan fingerprint density at radius 1 is 1.12 bits per heavy atom. The molecule has 2 amide bonds. The second kappa shape index (κ2) is 10.9. The molecule has 0 aromatic rings. The first-order valence-corrected chi connectivity index (χ1v) is 8.81. The molecule has 7 heteroatoms. The summed E-state index contributed by atoms with van der Waals surface area (Å²) in [6.45, 7) is 5.70. The Bertz CT molecular complexity index is 419. The molecule has 138 valence electrons. The highest BCUT2D eigenvalue weighted by Crippen LogP contribution is 2.19. The predicted octanol–water partition coefficient (Wildman–Crippen LogP) is 2.19. The minimum atomic E-state index is -0.313. The van der Waals surface area contributed by atoms with Crippen LogP contribution in [-0.4, -0.2) is 67.2 Å². The molecule has 24 heavy (non-hydrogen) atoms. The van der Waals surface area contributed by atoms with E-state index >= 15 is 0 Å². The standard InChI is InChI=1S/C17H30N2O5/c1-4-6-7-15(20)19(13-10-16(21)23-3)14-8-11-18(12-9-14)17(22)24-5-2/h14H,4-13H2,1-3H3. The Balaban J connectivity index is 2.61. The van der Waals surface area contributed by atoms with E-state index in [2.05, 4.69) is 4.74 Å². The van der Waals surface area contributed by atoms with Crippen LogP contribution in [0.4, 0.5) is 4.79 Å². The van der Waals surface area contributed by atoms with E-state index in [0.717, 1.165) is 12.8 Å². The molecule has 1 rings (SSSR count). The average Bonchev–Trinajstić information content (AvgIpc) is 2.60. The SMILES string of the molecule is CCCCC(=O)N(CCC(=O)OC)C1CCN(C(=O)OCC)CC1. The number of methoxy groups -OCH3 is 1. The number of hydrogen-bond donors (Lipinski definition) is 0. The quantitative estimate of drug-likeness (QED) is 0.632. The zero-order chi connectivity index (χ0) is 17.9. The molecule has 1 saturated heterocycles. The summed E-state index contributed by atoms with van der Waals surface area (Å²) in [6.07, 6.45) is 3.61. The van der Waals surface area contributed by atoms with Crippen molar-refractivity contribution in [1.29, 1.82) is 0 Å². The summed E-state index contributed by atoms with van der Waals surface area (Å²) in [4.78, 5) is 39.2. The van der Waals surface area contributed by atoms with Crippen LogP contribution in [0.15, 0.2) is 0 Å². The molecular formula is C17H30N2O5. The van der Waals surface area contributed by atoms with Gasteiger partial charge in [0.25, 0.3) is 0 Å². The molecule has 0 aromatic heterocycles. The highest BCUT2D eigenvalue weighted by molar-refractivity contribution is 5.77. The Labute approximate surface area is 144 Å². The van der Waals surface area contributed by atoms with Crippen LogP contribution in [0.1, 0.15) is 52.4 Å². The molecule has 1 aliphatic rings. The summed E-state index contributed by atoms with van der Waals surface area (Å²) in [5, 5.41) is 0. The summed E-state index contributed by atoms with van der Waals surface area (Å²) in [5.41, 5.74) is 0. The van der Waals surface area contributed by atoms with E-state index in [9.17, 15) is 14.4 Å². The highest BCUT2D eigenvalue weighted by Gasteiger charge is 2.30. The lowest BCUT2D eigenvalue weighted by molar-refractivity contribution is -0.142. The molecule has 7 nitrogen and oxygen atoms in total. The third kappa shape index (κ3) is 6.37. The predicted molar refractivity (Wildman–Crippen MR) is 89.5 cm³/mol. The lowest BCUT2D eigenvalue weighted by Gasteiger charge is -2.38. The van der Waals surface area contributed by atoms with E-state index < -0.39 is 0 Å². The summed E-state index contributed by atoms with van der Waals surface area (Å²) in [7, 11) is 1.35. The lowest BCUT2D eigenvalue weighted by Crippen LogP contribution is -2.49. The van der Waals surface area contributed by atoms with Crippen LogP contribution in [0.3, 0.4) is 0 Å². The number of esters is 1. The number of piperidine rings is 1. The minimum absolute atomic E-state index is 0.0599. The number of nitrogens with zero attached hydrogens (tertiary/aromatic N) is 2. The van der Waals surface area contributed by atoms with E-state index in [1.165, 1.54) is 7.11 Å². The van der Waals surface area contributed by atoms with Gasteiger partial charge in [-0.1, -0.05) is 13.3 Å². The van der Waals surface area contributed by atoms with E-state index in [1.54, 1.807) is 16.7 Å². The van der Waals surface area contributed by atoms with Gasteiger partial charge < -0.3 is 19.3 Å². The fourth-order valence-corrected chi connectivity index (χ4v) is 2.87. The van der Waals surface area contributed by atoms with Crippen molar-refractivity contribution < 1.29 is 23.9 Å². The molecule has 0 N–H and O–H groups in total. The maximum atomic E-state index is 12.5. The molecule has 0 unspecified atom stereocenters. The molecular weight excluding hydrogens is 312 g/mol. The van der Waals surface area contributed by atoms with Crippen LogP contribution in [-0.2, 0) is 19.1 Å². The normalized spacial score (nSPS) is 15.0. The minimum Gasteiger partial charge on any atom is -0.469 e. The van der Waals surface area contributed by atoms with Crippen LogP contribution < -0.4 is 0 Å². The number of unbranched alkanes of at least 4 members (excludes halogenated alkanes) is 1. The number of amides is 2. The first kappa shape index (κ1) is 20.3. The smallest absolute Gasteiger partial charge is 0.409 e. The summed E-state index contributed by atoms with van der Waals surface area (Å²) >= 11 is 0. The van der Waals surface area contributed by atoms with Crippen LogP contribution in [0.2, 0.25) is 0 Å². The molecule has 0 spiro atoms. The molecule has 1 aliphatic heterocycles. The first-order chi connectivity index (χ1) is 11.5. The molecule has 0 bridgehead atoms. The number of carbonyl (C=O) groups is 3. The first-order valence-electron chi connectivity index (χ1n) is 8.81. The summed E-state index contributed by atoms with van der Waals surface area (Å²) < 4.78 is 9.69. The molecule has 0 atom stereocenters. The van der Waals surface area contributed by atoms with Gasteiger partial charge in [-0.05, 0) is 26.2 Å². The maximum Gasteiger partial charge on any atom is 0.409 e. The zero-order valence-electron chi connectivity index (χ0n) is 15.1. The van der Waals surface area contributed by atoms with Crippen molar-refractivity contribution in [3.05, 3.63) is 0 Å². The van der Waals surface area contributed by atoms with Crippen molar-refractivity contribution in [2.24, 2.45) is 0 Å². The molecule has 0 aliphatic carbocycles. The second-order valence-electron chi connectivity index (χ2n) is 5.93. The Kier molecular flexibility index (Phi) is 9.19. The number of rotatable bonds is 8. The molecule has 0 aromatic carbocycles. The average molecular weight is 342 g/mol. The maximum absolute atomic E-state index is 12.5. The Hall–Kier alpha value is -1.79. The monoisotopic (exact) mass is 342 g/mol. The molecule has 1 fully saturated rings. The van der Waals surface area contributed by atoms with Crippen molar-refractivity contribution >= 4 is 18.0 Å². The highest BCUT2D eigenvalue weighted by atomic mass is 16.6. The number of hydrogen-bond acceptors (Lipinski definition) is 5. The van der Waals surface area contributed by atoms with Gasteiger partial charge >= 0.3 is 12.1 Å². The zero-order valence-corrected chi connectivity index (χ0v) is 15.1. The third-order valence-corrected chi connectivity index (χ3v) is 4.28. The van der Waals surface area contributed by atoms with Crippen molar-refractivity contribution in [2.45, 2.75) is 58.4 Å². The Morgan fingerprint density at radius 3 is 2.33 bits per heavy atom. The van der Waals surface area contributed by atoms with Gasteiger partial charge in [0.15, 0.2) is 0 Å². The van der Waals surface area contributed by atoms with Gasteiger partial charge in [0, 0.05) is 32.1 Å². The van der Waals surface area contributed by atoms with Crippen molar-refractivity contribution in [3.63, 3.8) is 0 Å². The summed E-state index contributed by atoms with van der Waals surface area (Å²) in [6, 6.07) is 0.0599. The van der Waals surface area contributed by atoms with Crippen molar-refractivity contribution in [1.82, 2.24) is 9.80 Å². The van der Waals surface area contributed by atoms with Gasteiger partial charge in [-0.25, -0.2) is 4.79 Å². The third-order valence-electron chi connectivity index (χ3n) is 4.28. The Morgan fingerprint density at radius 2 is 1.79 bits per heavy atom. The fourth-order valence-electron chi connectivity index (χ4n) is 2.87. The van der Waals surface area contributed by atoms with E-state index in [4.69, 9.17) is 4.74 Å². The largest absolute Gasteiger partial charge is 0.469 e. The fraction of sp³-hybridized carbons (Fsp3) is 0.824. The topological polar surface area (TPSA) is 76.2 Å². The van der Waals surface area contributed by atoms with Crippen LogP contribution in [0.25, 0.3) is 0 Å². The van der Waals surface area contributed by atoms with Crippen molar-refractivity contribution in [3.8, 4) is 0 Å². The van der Waals surface area contributed by atoms with E-state index in [-0.39, 0.29) is 30.4 Å². The van der Waals surface area contributed by atoms with Gasteiger partial charge in [0.05, 0.1) is 20.1 Å². The van der Waals surface area contributed by atoms with Crippen LogP contribution in [0.5, 0.6) is 0 Å². The second-order valence-corrected chi connectivity index (χ2v) is 5.93. The van der Waals surface area contributed by atoms with E-state index in [1.807, 2.05) is 6.92 Å². The number of likely N-dealkylation sites (tertiary alicyclic amines) is 1. The van der Waals surface area contributed by atoms with Gasteiger partial charge in [-0.2, -0.15) is 0 Å². The number of ether oxygens (including phenoxy) is 2. The molecule has 1 heterocycles. The van der Waals surface area contributed by atoms with Gasteiger partial charge in [0.1, 0.15) is 0 Å². The van der Waals surface area contributed by atoms with Gasteiger partial charge in [-0.15, -0.1) is 0 Å². The van der Waals surface area contributed by atoms with Crippen LogP contribution >= 0.6 is 0 Å². The molecule has 0 radical (unpaired) electrons. The van der Waals surface area contributed by atoms with Gasteiger partial charge in [-0.3, -0.25) is 9.59 Å². The summed E-state index contributed by atoms with van der Waals surface area (Å²) in [5.74, 6) is -0.234. The van der Waals surface area contributed by atoms with Gasteiger partial charge in [0.2, 0.25) is 5.91 Å². The lowest BCUT2D eigenvalue weighted by atomic mass is 10.0. The number of carbonyl (C=O) groups excluding carboxylic acids is 3. The van der Waals surface area contributed by atoms with Crippen molar-refractivity contribution in [2.75, 3.05) is 33.4 Å². The molecule has 0 saturated carbocycles. The van der Waals surface area contributed by atoms with Crippen LogP contribution in [0, 0.1) is 0 Å².